The first-order chi connectivity index (χ1) is 18.7. The number of aliphatic imine (C=N–C) groups is 1. The van der Waals surface area contributed by atoms with Crippen molar-refractivity contribution in [3.63, 3.8) is 0 Å². The highest BCUT2D eigenvalue weighted by Gasteiger charge is 2.39. The first-order valence-electron chi connectivity index (χ1n) is 13.1. The van der Waals surface area contributed by atoms with E-state index >= 15 is 0 Å². The summed E-state index contributed by atoms with van der Waals surface area (Å²) in [6.45, 7) is 4.34. The highest BCUT2D eigenvalue weighted by Crippen LogP contribution is 2.46. The minimum absolute atomic E-state index is 0.0363. The Labute approximate surface area is 230 Å². The third-order valence-electron chi connectivity index (χ3n) is 7.23. The van der Waals surface area contributed by atoms with Gasteiger partial charge in [-0.1, -0.05) is 17.7 Å². The lowest BCUT2D eigenvalue weighted by Crippen LogP contribution is -2.36. The predicted molar refractivity (Wildman–Crippen MR) is 150 cm³/mol. The van der Waals surface area contributed by atoms with Crippen LogP contribution in [0.2, 0.25) is 0 Å². The van der Waals surface area contributed by atoms with Crippen LogP contribution in [0, 0.1) is 6.92 Å². The Morgan fingerprint density at radius 1 is 1.03 bits per heavy atom. The average Bonchev–Trinajstić information content (AvgIpc) is 2.92. The van der Waals surface area contributed by atoms with E-state index in [0.29, 0.717) is 43.3 Å². The molecule has 0 N–H and O–H groups in total. The Balaban J connectivity index is 1.51. The lowest BCUT2D eigenvalue weighted by molar-refractivity contribution is 0.140. The van der Waals surface area contributed by atoms with Gasteiger partial charge < -0.3 is 14.4 Å². The molecule has 3 aromatic rings. The molecule has 0 radical (unpaired) electrons. The zero-order valence-corrected chi connectivity index (χ0v) is 23.7. The number of aryl methyl sites for hydroxylation is 1. The summed E-state index contributed by atoms with van der Waals surface area (Å²) in [6, 6.07) is 10.7. The van der Waals surface area contributed by atoms with Crippen LogP contribution >= 0.6 is 0 Å². The summed E-state index contributed by atoms with van der Waals surface area (Å²) in [5, 5.41) is 0. The summed E-state index contributed by atoms with van der Waals surface area (Å²) >= 11 is 0. The summed E-state index contributed by atoms with van der Waals surface area (Å²) in [4.78, 5) is 16.2. The third kappa shape index (κ3) is 5.49. The molecule has 2 heterocycles. The minimum Gasteiger partial charge on any atom is -0.493 e. The first-order valence-corrected chi connectivity index (χ1v) is 14.5. The Morgan fingerprint density at radius 3 is 2.38 bits per heavy atom. The second-order valence-corrected chi connectivity index (χ2v) is 11.7. The standard InChI is InChI=1S/C29H34N4O5S/c1-6-37-27-14-22-23-13-20(38-39(34,35)21-10-7-18(2)8-11-21)9-12-25(23)32-28(24(22)15-26(27)36-5)19-16-30-29(31-17-19)33(3)4/h7-8,10-11,14-17,20,23,25H,6,9,12-13H2,1-5H3/t20-,23-,25-/m1/s1. The van der Waals surface area contributed by atoms with E-state index in [0.717, 1.165) is 28.0 Å². The van der Waals surface area contributed by atoms with Gasteiger partial charge in [-0.15, -0.1) is 0 Å². The van der Waals surface area contributed by atoms with Crippen LogP contribution in [-0.2, 0) is 14.3 Å². The fourth-order valence-electron chi connectivity index (χ4n) is 5.29. The molecule has 0 amide bonds. The maximum Gasteiger partial charge on any atom is 0.297 e. The molecule has 1 aromatic heterocycles. The summed E-state index contributed by atoms with van der Waals surface area (Å²) in [6.07, 6.45) is 4.92. The van der Waals surface area contributed by atoms with E-state index in [-0.39, 0.29) is 16.9 Å². The van der Waals surface area contributed by atoms with E-state index in [1.807, 2.05) is 45.0 Å². The van der Waals surface area contributed by atoms with Crippen molar-refractivity contribution in [2.45, 2.75) is 56.1 Å². The highest BCUT2D eigenvalue weighted by molar-refractivity contribution is 7.86. The number of nitrogens with zero attached hydrogens (tertiary/aromatic N) is 4. The zero-order valence-electron chi connectivity index (χ0n) is 22.9. The van der Waals surface area contributed by atoms with Crippen LogP contribution in [0.3, 0.4) is 0 Å². The molecule has 1 aliphatic heterocycles. The zero-order chi connectivity index (χ0) is 27.7. The smallest absolute Gasteiger partial charge is 0.297 e. The maximum atomic E-state index is 13.0. The summed E-state index contributed by atoms with van der Waals surface area (Å²) in [7, 11) is 1.52. The van der Waals surface area contributed by atoms with Gasteiger partial charge in [0.15, 0.2) is 11.5 Å². The average molecular weight is 551 g/mol. The lowest BCUT2D eigenvalue weighted by Gasteiger charge is -2.38. The molecule has 1 aliphatic carbocycles. The SMILES string of the molecule is CCOc1cc2c(cc1OC)C(c1cnc(N(C)C)nc1)=N[C@@H]1CC[C@@H](OS(=O)(=O)c3ccc(C)cc3)C[C@H]21. The Bertz CT molecular complexity index is 1470. The molecular formula is C29H34N4O5S. The number of ether oxygens (including phenoxy) is 2. The molecule has 1 saturated carbocycles. The van der Waals surface area contributed by atoms with Crippen molar-refractivity contribution < 1.29 is 22.1 Å². The van der Waals surface area contributed by atoms with Gasteiger partial charge in [-0.3, -0.25) is 9.18 Å². The van der Waals surface area contributed by atoms with Crippen LogP contribution in [0.4, 0.5) is 5.95 Å². The highest BCUT2D eigenvalue weighted by atomic mass is 32.2. The number of anilines is 1. The third-order valence-corrected chi connectivity index (χ3v) is 8.61. The number of benzene rings is 2. The van der Waals surface area contributed by atoms with Gasteiger partial charge in [0.05, 0.1) is 36.5 Å². The van der Waals surface area contributed by atoms with Crippen molar-refractivity contribution >= 4 is 21.8 Å². The van der Waals surface area contributed by atoms with Gasteiger partial charge in [0, 0.05) is 43.5 Å². The van der Waals surface area contributed by atoms with Crippen molar-refractivity contribution in [1.82, 2.24) is 9.97 Å². The minimum atomic E-state index is -3.89. The number of hydrogen-bond donors (Lipinski definition) is 0. The molecule has 2 aliphatic rings. The van der Waals surface area contributed by atoms with Gasteiger partial charge >= 0.3 is 0 Å². The maximum absolute atomic E-state index is 13.0. The van der Waals surface area contributed by atoms with Crippen LogP contribution in [0.25, 0.3) is 0 Å². The Morgan fingerprint density at radius 2 is 1.74 bits per heavy atom. The summed E-state index contributed by atoms with van der Waals surface area (Å²) < 4.78 is 43.4. The molecule has 206 valence electrons. The Hall–Kier alpha value is -3.50. The number of aromatic nitrogens is 2. The van der Waals surface area contributed by atoms with Crippen LogP contribution in [0.5, 0.6) is 11.5 Å². The van der Waals surface area contributed by atoms with Crippen LogP contribution < -0.4 is 14.4 Å². The van der Waals surface area contributed by atoms with Gasteiger partial charge in [0.1, 0.15) is 0 Å². The molecule has 0 unspecified atom stereocenters. The first kappa shape index (κ1) is 27.1. The molecule has 3 atom stereocenters. The van der Waals surface area contributed by atoms with Crippen molar-refractivity contribution in [2.24, 2.45) is 4.99 Å². The van der Waals surface area contributed by atoms with E-state index in [2.05, 4.69) is 9.97 Å². The van der Waals surface area contributed by atoms with Gasteiger partial charge in [0.2, 0.25) is 5.95 Å². The second-order valence-electron chi connectivity index (χ2n) is 10.1. The van der Waals surface area contributed by atoms with Crippen molar-refractivity contribution in [3.8, 4) is 11.5 Å². The van der Waals surface area contributed by atoms with Crippen LogP contribution in [0.15, 0.2) is 58.7 Å². The van der Waals surface area contributed by atoms with E-state index in [1.165, 1.54) is 0 Å². The molecule has 0 bridgehead atoms. The van der Waals surface area contributed by atoms with E-state index < -0.39 is 16.2 Å². The fraction of sp³-hybridized carbons (Fsp3) is 0.414. The van der Waals surface area contributed by atoms with Crippen LogP contribution in [-0.4, -0.2) is 64.1 Å². The number of methoxy groups -OCH3 is 1. The normalized spacial score (nSPS) is 20.4. The number of hydrogen-bond acceptors (Lipinski definition) is 9. The molecular weight excluding hydrogens is 516 g/mol. The van der Waals surface area contributed by atoms with Gasteiger partial charge in [-0.2, -0.15) is 8.42 Å². The summed E-state index contributed by atoms with van der Waals surface area (Å²) in [5.74, 6) is 1.83. The lowest BCUT2D eigenvalue weighted by atomic mass is 9.74. The van der Waals surface area contributed by atoms with Crippen molar-refractivity contribution in [2.75, 3.05) is 32.7 Å². The molecule has 9 nitrogen and oxygen atoms in total. The molecule has 2 aromatic carbocycles. The van der Waals surface area contributed by atoms with E-state index in [1.54, 1.807) is 43.8 Å². The molecule has 10 heteroatoms. The molecule has 39 heavy (non-hydrogen) atoms. The van der Waals surface area contributed by atoms with E-state index in [4.69, 9.17) is 18.6 Å². The predicted octanol–water partition coefficient (Wildman–Crippen LogP) is 4.52. The Kier molecular flexibility index (Phi) is 7.59. The fourth-order valence-corrected chi connectivity index (χ4v) is 6.40. The molecule has 0 spiro atoms. The monoisotopic (exact) mass is 550 g/mol. The molecule has 1 fully saturated rings. The van der Waals surface area contributed by atoms with Gasteiger partial charge in [0.25, 0.3) is 10.1 Å². The molecule has 0 saturated heterocycles. The molecule has 5 rings (SSSR count). The largest absolute Gasteiger partial charge is 0.493 e. The van der Waals surface area contributed by atoms with Crippen molar-refractivity contribution in [1.29, 1.82) is 0 Å². The van der Waals surface area contributed by atoms with Crippen molar-refractivity contribution in [3.05, 3.63) is 71.0 Å². The summed E-state index contributed by atoms with van der Waals surface area (Å²) in [5.41, 5.74) is 4.53. The van der Waals surface area contributed by atoms with Crippen LogP contribution in [0.1, 0.15) is 54.4 Å². The second kappa shape index (κ2) is 10.9. The topological polar surface area (TPSA) is 103 Å². The number of fused-ring (bicyclic) bond motifs is 3. The van der Waals surface area contributed by atoms with E-state index in [9.17, 15) is 8.42 Å². The van der Waals surface area contributed by atoms with Gasteiger partial charge in [-0.05, 0) is 62.9 Å². The number of rotatable bonds is 8. The van der Waals surface area contributed by atoms with Gasteiger partial charge in [-0.25, -0.2) is 9.97 Å². The quantitative estimate of drug-likeness (QED) is 0.377.